The Bertz CT molecular complexity index is 519. The Hall–Kier alpha value is -1.13. The largest absolute Gasteiger partial charge is 0.313 e. The van der Waals surface area contributed by atoms with E-state index in [1.807, 2.05) is 31.0 Å². The third kappa shape index (κ3) is 2.58. The van der Waals surface area contributed by atoms with Crippen LogP contribution in [0.25, 0.3) is 5.69 Å². The molecule has 0 radical (unpaired) electrons. The van der Waals surface area contributed by atoms with Gasteiger partial charge >= 0.3 is 0 Å². The number of aryl methyl sites for hydroxylation is 1. The van der Waals surface area contributed by atoms with Gasteiger partial charge in [0.2, 0.25) is 0 Å². The number of rotatable bonds is 3. The Balaban J connectivity index is 2.37. The van der Waals surface area contributed by atoms with Crippen molar-refractivity contribution in [3.05, 3.63) is 46.2 Å². The smallest absolute Gasteiger partial charge is 0.0657 e. The molecule has 0 amide bonds. The van der Waals surface area contributed by atoms with Crippen LogP contribution in [0.15, 0.2) is 35.1 Å². The average Bonchev–Trinajstić information content (AvgIpc) is 2.75. The second-order valence-electron chi connectivity index (χ2n) is 4.18. The summed E-state index contributed by atoms with van der Waals surface area (Å²) in [4.78, 5) is 0. The molecule has 1 heterocycles. The van der Waals surface area contributed by atoms with Gasteiger partial charge in [0.25, 0.3) is 0 Å². The monoisotopic (exact) mass is 293 g/mol. The van der Waals surface area contributed by atoms with Crippen molar-refractivity contribution in [2.24, 2.45) is 0 Å². The second-order valence-corrected chi connectivity index (χ2v) is 5.03. The maximum Gasteiger partial charge on any atom is 0.0657 e. The molecular weight excluding hydrogens is 278 g/mol. The molecule has 0 saturated heterocycles. The van der Waals surface area contributed by atoms with Gasteiger partial charge in [0.15, 0.2) is 0 Å². The highest BCUT2D eigenvalue weighted by Gasteiger charge is 2.08. The number of nitrogens with one attached hydrogen (secondary N) is 1. The SMILES string of the molecule is CNC(C)c1ccc(-n2cc(C)cn2)cc1Br. The zero-order chi connectivity index (χ0) is 12.4. The fourth-order valence-corrected chi connectivity index (χ4v) is 2.43. The summed E-state index contributed by atoms with van der Waals surface area (Å²) in [6, 6.07) is 6.63. The molecular formula is C13H16BrN3. The van der Waals surface area contributed by atoms with Gasteiger partial charge in [0.1, 0.15) is 0 Å². The van der Waals surface area contributed by atoms with Gasteiger partial charge in [-0.1, -0.05) is 22.0 Å². The summed E-state index contributed by atoms with van der Waals surface area (Å²) in [5, 5.41) is 7.53. The van der Waals surface area contributed by atoms with Crippen molar-refractivity contribution < 1.29 is 0 Å². The summed E-state index contributed by atoms with van der Waals surface area (Å²) < 4.78 is 2.98. The van der Waals surface area contributed by atoms with Gasteiger partial charge in [-0.25, -0.2) is 4.68 Å². The van der Waals surface area contributed by atoms with Crippen LogP contribution >= 0.6 is 15.9 Å². The van der Waals surface area contributed by atoms with Crippen molar-refractivity contribution >= 4 is 15.9 Å². The van der Waals surface area contributed by atoms with E-state index in [0.29, 0.717) is 6.04 Å². The number of hydrogen-bond acceptors (Lipinski definition) is 2. The Morgan fingerprint density at radius 3 is 2.71 bits per heavy atom. The molecule has 1 aromatic heterocycles. The van der Waals surface area contributed by atoms with Crippen molar-refractivity contribution in [1.82, 2.24) is 15.1 Å². The lowest BCUT2D eigenvalue weighted by molar-refractivity contribution is 0.649. The van der Waals surface area contributed by atoms with Gasteiger partial charge in [-0.2, -0.15) is 5.10 Å². The number of nitrogens with zero attached hydrogens (tertiary/aromatic N) is 2. The molecule has 0 aliphatic rings. The fraction of sp³-hybridized carbons (Fsp3) is 0.308. The highest BCUT2D eigenvalue weighted by atomic mass is 79.9. The van der Waals surface area contributed by atoms with E-state index in [1.165, 1.54) is 5.56 Å². The lowest BCUT2D eigenvalue weighted by Gasteiger charge is -2.13. The molecule has 0 saturated carbocycles. The molecule has 90 valence electrons. The van der Waals surface area contributed by atoms with Crippen molar-refractivity contribution in [3.63, 3.8) is 0 Å². The van der Waals surface area contributed by atoms with Gasteiger partial charge < -0.3 is 5.32 Å². The van der Waals surface area contributed by atoms with Crippen LogP contribution in [0.1, 0.15) is 24.1 Å². The predicted molar refractivity (Wildman–Crippen MR) is 73.5 cm³/mol. The molecule has 0 spiro atoms. The summed E-state index contributed by atoms with van der Waals surface area (Å²) in [6.07, 6.45) is 3.88. The first kappa shape index (κ1) is 12.3. The molecule has 1 N–H and O–H groups in total. The summed E-state index contributed by atoms with van der Waals surface area (Å²) in [7, 11) is 1.96. The lowest BCUT2D eigenvalue weighted by Crippen LogP contribution is -2.13. The quantitative estimate of drug-likeness (QED) is 0.942. The molecule has 2 rings (SSSR count). The van der Waals surface area contributed by atoms with Gasteiger partial charge in [-0.05, 0) is 44.2 Å². The van der Waals surface area contributed by atoms with E-state index in [9.17, 15) is 0 Å². The molecule has 0 fully saturated rings. The molecule has 2 aromatic rings. The van der Waals surface area contributed by atoms with Crippen molar-refractivity contribution in [3.8, 4) is 5.69 Å². The minimum absolute atomic E-state index is 0.331. The molecule has 3 nitrogen and oxygen atoms in total. The molecule has 0 aliphatic heterocycles. The first-order chi connectivity index (χ1) is 8.11. The van der Waals surface area contributed by atoms with Crippen LogP contribution in [0.5, 0.6) is 0 Å². The summed E-state index contributed by atoms with van der Waals surface area (Å²) >= 11 is 3.61. The van der Waals surface area contributed by atoms with Crippen LogP contribution in [-0.2, 0) is 0 Å². The summed E-state index contributed by atoms with van der Waals surface area (Å²) in [5.74, 6) is 0. The van der Waals surface area contributed by atoms with Crippen molar-refractivity contribution in [2.75, 3.05) is 7.05 Å². The first-order valence-electron chi connectivity index (χ1n) is 5.60. The topological polar surface area (TPSA) is 29.9 Å². The van der Waals surface area contributed by atoms with E-state index < -0.39 is 0 Å². The van der Waals surface area contributed by atoms with E-state index in [0.717, 1.165) is 15.7 Å². The van der Waals surface area contributed by atoms with E-state index in [1.54, 1.807) is 0 Å². The van der Waals surface area contributed by atoms with Crippen LogP contribution in [0.3, 0.4) is 0 Å². The highest BCUT2D eigenvalue weighted by Crippen LogP contribution is 2.25. The van der Waals surface area contributed by atoms with Crippen LogP contribution in [0.4, 0.5) is 0 Å². The number of benzene rings is 1. The normalized spacial score (nSPS) is 12.7. The average molecular weight is 294 g/mol. The molecule has 1 unspecified atom stereocenters. The Labute approximate surface area is 110 Å². The fourth-order valence-electron chi connectivity index (χ4n) is 1.72. The molecule has 4 heteroatoms. The minimum Gasteiger partial charge on any atom is -0.313 e. The number of aromatic nitrogens is 2. The van der Waals surface area contributed by atoms with E-state index >= 15 is 0 Å². The maximum atomic E-state index is 4.30. The minimum atomic E-state index is 0.331. The molecule has 17 heavy (non-hydrogen) atoms. The van der Waals surface area contributed by atoms with Crippen LogP contribution < -0.4 is 5.32 Å². The molecule has 0 bridgehead atoms. The predicted octanol–water partition coefficient (Wildman–Crippen LogP) is 3.22. The van der Waals surface area contributed by atoms with Crippen molar-refractivity contribution in [2.45, 2.75) is 19.9 Å². The standard InChI is InChI=1S/C13H16BrN3/c1-9-7-16-17(8-9)11-4-5-12(10(2)15-3)13(14)6-11/h4-8,10,15H,1-3H3. The van der Waals surface area contributed by atoms with Crippen LogP contribution in [0.2, 0.25) is 0 Å². The number of halogens is 1. The second kappa shape index (κ2) is 5.02. The third-order valence-electron chi connectivity index (χ3n) is 2.86. The highest BCUT2D eigenvalue weighted by molar-refractivity contribution is 9.10. The number of hydrogen-bond donors (Lipinski definition) is 1. The summed E-state index contributed by atoms with van der Waals surface area (Å²) in [5.41, 5.74) is 3.48. The first-order valence-corrected chi connectivity index (χ1v) is 6.39. The molecule has 0 aliphatic carbocycles. The lowest BCUT2D eigenvalue weighted by atomic mass is 10.1. The Morgan fingerprint density at radius 2 is 2.18 bits per heavy atom. The zero-order valence-corrected chi connectivity index (χ0v) is 11.8. The van der Waals surface area contributed by atoms with Gasteiger partial charge in [0, 0.05) is 16.7 Å². The molecule has 1 aromatic carbocycles. The van der Waals surface area contributed by atoms with Crippen LogP contribution in [-0.4, -0.2) is 16.8 Å². The van der Waals surface area contributed by atoms with Gasteiger partial charge in [0.05, 0.1) is 11.9 Å². The summed E-state index contributed by atoms with van der Waals surface area (Å²) in [6.45, 7) is 4.17. The Morgan fingerprint density at radius 1 is 1.41 bits per heavy atom. The van der Waals surface area contributed by atoms with Crippen molar-refractivity contribution in [1.29, 1.82) is 0 Å². The van der Waals surface area contributed by atoms with Gasteiger partial charge in [-0.15, -0.1) is 0 Å². The van der Waals surface area contributed by atoms with Crippen LogP contribution in [0, 0.1) is 6.92 Å². The van der Waals surface area contributed by atoms with Gasteiger partial charge in [-0.3, -0.25) is 0 Å². The zero-order valence-electron chi connectivity index (χ0n) is 10.2. The van der Waals surface area contributed by atoms with E-state index in [2.05, 4.69) is 51.5 Å². The van der Waals surface area contributed by atoms with E-state index in [4.69, 9.17) is 0 Å². The molecule has 1 atom stereocenters. The Kier molecular flexibility index (Phi) is 3.64. The van der Waals surface area contributed by atoms with E-state index in [-0.39, 0.29) is 0 Å². The maximum absolute atomic E-state index is 4.30. The third-order valence-corrected chi connectivity index (χ3v) is 3.55.